The molecule has 1 aliphatic carbocycles. The van der Waals surface area contributed by atoms with Crippen LogP contribution in [0.1, 0.15) is 37.8 Å². The number of thiazole rings is 1. The van der Waals surface area contributed by atoms with E-state index in [1.54, 1.807) is 17.4 Å². The molecule has 0 atom stereocenters. The minimum Gasteiger partial charge on any atom is -0.363 e. The highest BCUT2D eigenvalue weighted by Gasteiger charge is 2.23. The van der Waals surface area contributed by atoms with E-state index in [2.05, 4.69) is 28.1 Å². The Morgan fingerprint density at radius 2 is 1.86 bits per heavy atom. The van der Waals surface area contributed by atoms with Crippen LogP contribution in [0.2, 0.25) is 5.02 Å². The number of hydrogen-bond acceptors (Lipinski definition) is 4. The Morgan fingerprint density at radius 1 is 1.03 bits per heavy atom. The van der Waals surface area contributed by atoms with Gasteiger partial charge in [-0.3, -0.25) is 4.98 Å². The van der Waals surface area contributed by atoms with Gasteiger partial charge in [-0.05, 0) is 55.3 Å². The minimum absolute atomic E-state index is 0.296. The monoisotopic (exact) mass is 425 g/mol. The van der Waals surface area contributed by atoms with E-state index in [9.17, 15) is 4.39 Å². The Kier molecular flexibility index (Phi) is 5.10. The molecule has 0 saturated heterocycles. The number of hydrogen-bond donors (Lipinski definition) is 0. The molecule has 6 heteroatoms. The van der Waals surface area contributed by atoms with Crippen LogP contribution < -0.4 is 4.90 Å². The summed E-state index contributed by atoms with van der Waals surface area (Å²) in [5.74, 6) is -0.296. The first-order chi connectivity index (χ1) is 14.2. The predicted molar refractivity (Wildman–Crippen MR) is 119 cm³/mol. The normalized spacial score (nSPS) is 15.2. The summed E-state index contributed by atoms with van der Waals surface area (Å²) in [6.45, 7) is 0.683. The topological polar surface area (TPSA) is 29.0 Å². The van der Waals surface area contributed by atoms with Gasteiger partial charge < -0.3 is 4.90 Å². The highest BCUT2D eigenvalue weighted by atomic mass is 35.5. The summed E-state index contributed by atoms with van der Waals surface area (Å²) < 4.78 is 14.8. The van der Waals surface area contributed by atoms with E-state index in [-0.39, 0.29) is 5.82 Å². The lowest BCUT2D eigenvalue weighted by molar-refractivity contribution is 0.412. The van der Waals surface area contributed by atoms with E-state index in [1.807, 2.05) is 11.6 Å². The third-order valence-electron chi connectivity index (χ3n) is 5.77. The third kappa shape index (κ3) is 3.81. The fraction of sp³-hybridized carbons (Fsp3) is 0.304. The molecular weight excluding hydrogens is 405 g/mol. The molecule has 29 heavy (non-hydrogen) atoms. The predicted octanol–water partition coefficient (Wildman–Crippen LogP) is 6.98. The third-order valence-corrected chi connectivity index (χ3v) is 6.87. The molecule has 0 amide bonds. The lowest BCUT2D eigenvalue weighted by atomic mass is 9.93. The van der Waals surface area contributed by atoms with Gasteiger partial charge in [0.2, 0.25) is 0 Å². The molecule has 1 aliphatic rings. The number of anilines is 1. The van der Waals surface area contributed by atoms with Gasteiger partial charge in [0, 0.05) is 17.1 Å². The molecule has 0 spiro atoms. The van der Waals surface area contributed by atoms with Gasteiger partial charge in [0.1, 0.15) is 5.82 Å². The van der Waals surface area contributed by atoms with Gasteiger partial charge in [0.25, 0.3) is 0 Å². The van der Waals surface area contributed by atoms with Crippen molar-refractivity contribution in [3.05, 3.63) is 64.5 Å². The number of rotatable bonds is 4. The number of pyridine rings is 1. The molecule has 2 aromatic carbocycles. The zero-order valence-corrected chi connectivity index (χ0v) is 17.5. The van der Waals surface area contributed by atoms with Gasteiger partial charge in [0.05, 0.1) is 38.5 Å². The summed E-state index contributed by atoms with van der Waals surface area (Å²) in [5, 5.41) is 1.21. The van der Waals surface area contributed by atoms with Crippen molar-refractivity contribution in [2.75, 3.05) is 4.90 Å². The molecule has 5 rings (SSSR count). The van der Waals surface area contributed by atoms with Crippen molar-refractivity contribution in [2.24, 2.45) is 0 Å². The summed E-state index contributed by atoms with van der Waals surface area (Å²) in [5.41, 5.74) is 5.77. The lowest BCUT2D eigenvalue weighted by Crippen LogP contribution is -2.36. The van der Waals surface area contributed by atoms with Gasteiger partial charge in [-0.1, -0.05) is 30.9 Å². The second-order valence-corrected chi connectivity index (χ2v) is 8.97. The van der Waals surface area contributed by atoms with Crippen LogP contribution in [0.4, 0.5) is 10.1 Å². The molecule has 0 radical (unpaired) electrons. The zero-order chi connectivity index (χ0) is 19.8. The van der Waals surface area contributed by atoms with Gasteiger partial charge in [-0.15, -0.1) is 11.3 Å². The van der Waals surface area contributed by atoms with Crippen molar-refractivity contribution in [3.8, 4) is 0 Å². The fourth-order valence-corrected chi connectivity index (χ4v) is 5.30. The molecule has 2 heterocycles. The number of halogens is 2. The molecule has 0 aliphatic heterocycles. The van der Waals surface area contributed by atoms with Crippen LogP contribution >= 0.6 is 22.9 Å². The molecule has 3 nitrogen and oxygen atoms in total. The van der Waals surface area contributed by atoms with Gasteiger partial charge in [0.15, 0.2) is 0 Å². The van der Waals surface area contributed by atoms with E-state index >= 15 is 0 Å². The van der Waals surface area contributed by atoms with Gasteiger partial charge >= 0.3 is 0 Å². The van der Waals surface area contributed by atoms with Crippen LogP contribution in [0, 0.1) is 5.82 Å². The highest BCUT2D eigenvalue weighted by Crippen LogP contribution is 2.33. The Hall–Kier alpha value is -2.24. The van der Waals surface area contributed by atoms with E-state index < -0.39 is 0 Å². The molecular formula is C23H21ClFN3S. The van der Waals surface area contributed by atoms with Crippen LogP contribution in [-0.2, 0) is 6.54 Å². The molecule has 2 aromatic heterocycles. The second-order valence-electron chi connectivity index (χ2n) is 7.68. The summed E-state index contributed by atoms with van der Waals surface area (Å²) in [6, 6.07) is 13.4. The van der Waals surface area contributed by atoms with Crippen molar-refractivity contribution < 1.29 is 4.39 Å². The van der Waals surface area contributed by atoms with Crippen LogP contribution in [0.25, 0.3) is 21.1 Å². The summed E-state index contributed by atoms with van der Waals surface area (Å²) in [4.78, 5) is 11.7. The Labute approximate surface area is 178 Å². The van der Waals surface area contributed by atoms with Crippen molar-refractivity contribution in [1.82, 2.24) is 9.97 Å². The van der Waals surface area contributed by atoms with Crippen molar-refractivity contribution in [1.29, 1.82) is 0 Å². The average Bonchev–Trinajstić information content (AvgIpc) is 3.21. The Bertz CT molecular complexity index is 1170. The molecule has 1 saturated carbocycles. The summed E-state index contributed by atoms with van der Waals surface area (Å²) >= 11 is 8.15. The van der Waals surface area contributed by atoms with Gasteiger partial charge in [-0.2, -0.15) is 0 Å². The van der Waals surface area contributed by atoms with Crippen molar-refractivity contribution >= 4 is 49.7 Å². The van der Waals surface area contributed by atoms with Crippen LogP contribution in [-0.4, -0.2) is 16.0 Å². The number of nitrogens with zero attached hydrogens (tertiary/aromatic N) is 3. The quantitative estimate of drug-likeness (QED) is 0.353. The Morgan fingerprint density at radius 3 is 2.72 bits per heavy atom. The SMILES string of the molecule is Fc1ccc2nc(CN(c3ccc4ncsc4c3)C3CCCCC3)cc(Cl)c2c1. The molecule has 0 N–H and O–H groups in total. The maximum atomic E-state index is 13.6. The van der Waals surface area contributed by atoms with Crippen molar-refractivity contribution in [2.45, 2.75) is 44.7 Å². The van der Waals surface area contributed by atoms with E-state index in [1.165, 1.54) is 54.6 Å². The number of benzene rings is 2. The van der Waals surface area contributed by atoms with Crippen molar-refractivity contribution in [3.63, 3.8) is 0 Å². The first kappa shape index (κ1) is 18.8. The van der Waals surface area contributed by atoms with Crippen LogP contribution in [0.5, 0.6) is 0 Å². The molecule has 0 unspecified atom stereocenters. The van der Waals surface area contributed by atoms with Crippen LogP contribution in [0.3, 0.4) is 0 Å². The first-order valence-corrected chi connectivity index (χ1v) is 11.3. The molecule has 4 aromatic rings. The fourth-order valence-electron chi connectivity index (χ4n) is 4.31. The molecule has 0 bridgehead atoms. The number of fused-ring (bicyclic) bond motifs is 2. The smallest absolute Gasteiger partial charge is 0.124 e. The summed E-state index contributed by atoms with van der Waals surface area (Å²) in [7, 11) is 0. The Balaban J connectivity index is 1.54. The van der Waals surface area contributed by atoms with Gasteiger partial charge in [-0.25, -0.2) is 9.37 Å². The number of aromatic nitrogens is 2. The maximum Gasteiger partial charge on any atom is 0.124 e. The van der Waals surface area contributed by atoms with E-state index in [4.69, 9.17) is 16.6 Å². The molecule has 148 valence electrons. The maximum absolute atomic E-state index is 13.6. The van der Waals surface area contributed by atoms with E-state index in [0.29, 0.717) is 23.0 Å². The standard InChI is InChI=1S/C23H21ClFN3S/c24-20-11-16(27-21-8-6-15(25)10-19(20)21)13-28(17-4-2-1-3-5-17)18-7-9-22-23(12-18)29-14-26-22/h6-12,14,17H,1-5,13H2. The van der Waals surface area contributed by atoms with E-state index in [0.717, 1.165) is 16.7 Å². The summed E-state index contributed by atoms with van der Waals surface area (Å²) in [6.07, 6.45) is 6.20. The second kappa shape index (κ2) is 7.88. The first-order valence-electron chi connectivity index (χ1n) is 10.0. The average molecular weight is 426 g/mol. The zero-order valence-electron chi connectivity index (χ0n) is 15.9. The highest BCUT2D eigenvalue weighted by molar-refractivity contribution is 7.16. The van der Waals surface area contributed by atoms with Crippen LogP contribution in [0.15, 0.2) is 48.0 Å². The lowest BCUT2D eigenvalue weighted by Gasteiger charge is -2.36. The molecule has 1 fully saturated rings. The largest absolute Gasteiger partial charge is 0.363 e. The minimum atomic E-state index is -0.296.